The number of hydrogen-bond acceptors (Lipinski definition) is 3. The van der Waals surface area contributed by atoms with Gasteiger partial charge in [0, 0.05) is 30.2 Å². The summed E-state index contributed by atoms with van der Waals surface area (Å²) in [4.78, 5) is 17.9. The van der Waals surface area contributed by atoms with E-state index in [-0.39, 0.29) is 17.9 Å². The molecule has 2 N–H and O–H groups in total. The van der Waals surface area contributed by atoms with E-state index in [1.54, 1.807) is 6.20 Å². The topological polar surface area (TPSA) is 67.0 Å². The number of ether oxygens (including phenoxy) is 1. The SMILES string of the molecule is CC(=O)Nc1c[nH]c2ccc(O[C@H]3C[C@@H](c4ccc(C(F)(F)F)nc4)C3)cc12. The van der Waals surface area contributed by atoms with Gasteiger partial charge in [-0.05, 0) is 48.6 Å². The van der Waals surface area contributed by atoms with Crippen LogP contribution >= 0.6 is 0 Å². The molecule has 28 heavy (non-hydrogen) atoms. The second kappa shape index (κ2) is 6.85. The first-order chi connectivity index (χ1) is 13.3. The minimum Gasteiger partial charge on any atom is -0.490 e. The molecular weight excluding hydrogens is 371 g/mol. The first kappa shape index (κ1) is 18.3. The smallest absolute Gasteiger partial charge is 0.433 e. The van der Waals surface area contributed by atoms with E-state index in [9.17, 15) is 18.0 Å². The zero-order valence-electron chi connectivity index (χ0n) is 15.0. The Morgan fingerprint density at radius 1 is 1.25 bits per heavy atom. The number of aromatic nitrogens is 2. The van der Waals surface area contributed by atoms with Crippen LogP contribution in [0.1, 0.15) is 36.9 Å². The number of halogens is 3. The Morgan fingerprint density at radius 2 is 2.04 bits per heavy atom. The van der Waals surface area contributed by atoms with Crippen molar-refractivity contribution in [3.05, 3.63) is 54.0 Å². The van der Waals surface area contributed by atoms with Gasteiger partial charge in [-0.3, -0.25) is 9.78 Å². The van der Waals surface area contributed by atoms with Crippen molar-refractivity contribution in [2.75, 3.05) is 5.32 Å². The van der Waals surface area contributed by atoms with Crippen LogP contribution in [-0.2, 0) is 11.0 Å². The Bertz CT molecular complexity index is 1010. The number of aromatic amines is 1. The van der Waals surface area contributed by atoms with E-state index in [0.717, 1.165) is 35.4 Å². The number of hydrogen-bond donors (Lipinski definition) is 2. The van der Waals surface area contributed by atoms with Crippen LogP contribution < -0.4 is 10.1 Å². The third-order valence-electron chi connectivity index (χ3n) is 4.91. The Hall–Kier alpha value is -3.03. The fraction of sp³-hybridized carbons (Fsp3) is 0.300. The average molecular weight is 389 g/mol. The molecule has 0 aliphatic heterocycles. The van der Waals surface area contributed by atoms with Gasteiger partial charge in [-0.25, -0.2) is 0 Å². The molecule has 0 saturated heterocycles. The summed E-state index contributed by atoms with van der Waals surface area (Å²) in [6, 6.07) is 8.11. The summed E-state index contributed by atoms with van der Waals surface area (Å²) >= 11 is 0. The molecule has 1 aromatic carbocycles. The van der Waals surface area contributed by atoms with E-state index < -0.39 is 11.9 Å². The third-order valence-corrected chi connectivity index (χ3v) is 4.91. The lowest BCUT2D eigenvalue weighted by molar-refractivity contribution is -0.141. The molecular formula is C20H18F3N3O2. The van der Waals surface area contributed by atoms with Crippen molar-refractivity contribution >= 4 is 22.5 Å². The summed E-state index contributed by atoms with van der Waals surface area (Å²) < 4.78 is 43.8. The van der Waals surface area contributed by atoms with Crippen LogP contribution in [0.25, 0.3) is 10.9 Å². The Morgan fingerprint density at radius 3 is 2.68 bits per heavy atom. The van der Waals surface area contributed by atoms with Gasteiger partial charge in [0.15, 0.2) is 0 Å². The normalized spacial score (nSPS) is 19.3. The molecule has 0 atom stereocenters. The first-order valence-corrected chi connectivity index (χ1v) is 8.88. The largest absolute Gasteiger partial charge is 0.490 e. The van der Waals surface area contributed by atoms with Gasteiger partial charge in [0.25, 0.3) is 0 Å². The predicted molar refractivity (Wildman–Crippen MR) is 98.2 cm³/mol. The van der Waals surface area contributed by atoms with Crippen LogP contribution in [0.15, 0.2) is 42.7 Å². The van der Waals surface area contributed by atoms with Crippen LogP contribution in [0.3, 0.4) is 0 Å². The van der Waals surface area contributed by atoms with Gasteiger partial charge in [-0.1, -0.05) is 6.07 Å². The van der Waals surface area contributed by atoms with Crippen LogP contribution in [-0.4, -0.2) is 22.0 Å². The summed E-state index contributed by atoms with van der Waals surface area (Å²) in [6.45, 7) is 1.45. The highest BCUT2D eigenvalue weighted by Crippen LogP contribution is 2.40. The maximum absolute atomic E-state index is 12.6. The van der Waals surface area contributed by atoms with Crippen LogP contribution in [0.4, 0.5) is 18.9 Å². The lowest BCUT2D eigenvalue weighted by Gasteiger charge is -2.35. The lowest BCUT2D eigenvalue weighted by atomic mass is 9.78. The molecule has 0 unspecified atom stereocenters. The molecule has 2 aromatic heterocycles. The number of fused-ring (bicyclic) bond motifs is 1. The van der Waals surface area contributed by atoms with Crippen LogP contribution in [0.2, 0.25) is 0 Å². The fourth-order valence-electron chi connectivity index (χ4n) is 3.41. The number of carbonyl (C=O) groups is 1. The van der Waals surface area contributed by atoms with Gasteiger partial charge in [-0.15, -0.1) is 0 Å². The van der Waals surface area contributed by atoms with Gasteiger partial charge in [0.1, 0.15) is 11.4 Å². The van der Waals surface area contributed by atoms with E-state index in [2.05, 4.69) is 15.3 Å². The van der Waals surface area contributed by atoms with E-state index in [0.29, 0.717) is 11.4 Å². The predicted octanol–water partition coefficient (Wildman–Crippen LogP) is 4.87. The van der Waals surface area contributed by atoms with E-state index in [4.69, 9.17) is 4.74 Å². The van der Waals surface area contributed by atoms with Crippen molar-refractivity contribution in [1.82, 2.24) is 9.97 Å². The number of H-pyrrole nitrogens is 1. The second-order valence-corrected chi connectivity index (χ2v) is 6.97. The molecule has 1 amide bonds. The summed E-state index contributed by atoms with van der Waals surface area (Å²) in [5.41, 5.74) is 1.49. The van der Waals surface area contributed by atoms with Gasteiger partial charge in [0.05, 0.1) is 11.8 Å². The minimum atomic E-state index is -4.42. The Labute approximate surface area is 158 Å². The standard InChI is InChI=1S/C20H18F3N3O2/c1-11(27)26-18-10-24-17-4-3-14(8-16(17)18)28-15-6-13(7-15)12-2-5-19(25-9-12)20(21,22)23/h2-5,8-10,13,15,24H,6-7H2,1H3,(H,26,27)/t13-,15+. The van der Waals surface area contributed by atoms with Crippen molar-refractivity contribution in [1.29, 1.82) is 0 Å². The number of nitrogens with one attached hydrogen (secondary N) is 2. The van der Waals surface area contributed by atoms with E-state index in [1.165, 1.54) is 19.2 Å². The molecule has 0 radical (unpaired) electrons. The molecule has 8 heteroatoms. The Balaban J connectivity index is 1.40. The number of rotatable bonds is 4. The number of nitrogens with zero attached hydrogens (tertiary/aromatic N) is 1. The third kappa shape index (κ3) is 3.67. The quantitative estimate of drug-likeness (QED) is 0.669. The van der Waals surface area contributed by atoms with Gasteiger partial charge < -0.3 is 15.0 Å². The summed E-state index contributed by atoms with van der Waals surface area (Å²) in [7, 11) is 0. The highest BCUT2D eigenvalue weighted by Gasteiger charge is 2.35. The molecule has 5 nitrogen and oxygen atoms in total. The van der Waals surface area contributed by atoms with Crippen molar-refractivity contribution < 1.29 is 22.7 Å². The van der Waals surface area contributed by atoms with Crippen LogP contribution in [0.5, 0.6) is 5.75 Å². The number of amides is 1. The molecule has 1 saturated carbocycles. The van der Waals surface area contributed by atoms with Crippen molar-refractivity contribution in [2.24, 2.45) is 0 Å². The molecule has 3 aromatic rings. The maximum Gasteiger partial charge on any atom is 0.433 e. The highest BCUT2D eigenvalue weighted by molar-refractivity contribution is 6.01. The monoisotopic (exact) mass is 389 g/mol. The van der Waals surface area contributed by atoms with Crippen molar-refractivity contribution in [3.63, 3.8) is 0 Å². The second-order valence-electron chi connectivity index (χ2n) is 6.97. The van der Waals surface area contributed by atoms with Gasteiger partial charge >= 0.3 is 6.18 Å². The highest BCUT2D eigenvalue weighted by atomic mass is 19.4. The Kier molecular flexibility index (Phi) is 4.49. The zero-order valence-corrected chi connectivity index (χ0v) is 15.0. The summed E-state index contributed by atoms with van der Waals surface area (Å²) in [5.74, 6) is 0.678. The first-order valence-electron chi connectivity index (χ1n) is 8.88. The molecule has 0 spiro atoms. The molecule has 4 rings (SSSR count). The average Bonchev–Trinajstić information content (AvgIpc) is 2.99. The van der Waals surface area contributed by atoms with Gasteiger partial charge in [0.2, 0.25) is 5.91 Å². The molecule has 1 fully saturated rings. The minimum absolute atomic E-state index is 0.00657. The van der Waals surface area contributed by atoms with Gasteiger partial charge in [-0.2, -0.15) is 13.2 Å². The molecule has 2 heterocycles. The number of alkyl halides is 3. The number of pyridine rings is 1. The number of carbonyl (C=O) groups excluding carboxylic acids is 1. The van der Waals surface area contributed by atoms with E-state index >= 15 is 0 Å². The lowest BCUT2D eigenvalue weighted by Crippen LogP contribution is -2.32. The molecule has 1 aliphatic carbocycles. The summed E-state index contributed by atoms with van der Waals surface area (Å²) in [6.07, 6.45) is 0.0415. The van der Waals surface area contributed by atoms with Crippen LogP contribution in [0, 0.1) is 0 Å². The summed E-state index contributed by atoms with van der Waals surface area (Å²) in [5, 5.41) is 3.62. The molecule has 1 aliphatic rings. The fourth-order valence-corrected chi connectivity index (χ4v) is 3.41. The maximum atomic E-state index is 12.6. The zero-order chi connectivity index (χ0) is 19.9. The van der Waals surface area contributed by atoms with E-state index in [1.807, 2.05) is 18.2 Å². The molecule has 146 valence electrons. The number of benzene rings is 1. The number of anilines is 1. The molecule has 0 bridgehead atoms. The van der Waals surface area contributed by atoms with Crippen molar-refractivity contribution in [3.8, 4) is 5.75 Å². The van der Waals surface area contributed by atoms with Crippen molar-refractivity contribution in [2.45, 2.75) is 38.0 Å².